The highest BCUT2D eigenvalue weighted by atomic mass is 16.8. The Morgan fingerprint density at radius 3 is 2.68 bits per heavy atom. The lowest BCUT2D eigenvalue weighted by Crippen LogP contribution is -2.39. The van der Waals surface area contributed by atoms with Crippen molar-refractivity contribution < 1.29 is 14.3 Å². The predicted octanol–water partition coefficient (Wildman–Crippen LogP) is 0.669. The Morgan fingerprint density at radius 1 is 1.11 bits per heavy atom. The van der Waals surface area contributed by atoms with Gasteiger partial charge in [-0.05, 0) is 17.7 Å². The van der Waals surface area contributed by atoms with Crippen molar-refractivity contribution in [1.82, 2.24) is 5.16 Å². The topological polar surface area (TPSA) is 91.4 Å². The molecule has 0 amide bonds. The average molecular weight is 262 g/mol. The van der Waals surface area contributed by atoms with Crippen molar-refractivity contribution in [2.24, 2.45) is 4.99 Å². The van der Waals surface area contributed by atoms with Crippen LogP contribution in [0, 0.1) is 10.4 Å². The second-order valence-electron chi connectivity index (χ2n) is 5.47. The van der Waals surface area contributed by atoms with Crippen LogP contribution >= 0.6 is 0 Å². The molecule has 2 heterocycles. The van der Waals surface area contributed by atoms with Gasteiger partial charge in [0.1, 0.15) is 0 Å². The van der Waals surface area contributed by atoms with Gasteiger partial charge in [-0.2, -0.15) is 4.74 Å². The lowest BCUT2D eigenvalue weighted by molar-refractivity contribution is -0.807. The second kappa shape index (κ2) is 3.55. The average Bonchev–Trinajstić information content (AvgIpc) is 2.92. The summed E-state index contributed by atoms with van der Waals surface area (Å²) in [6.45, 7) is 0. The Bertz CT molecular complexity index is 610. The molecule has 0 N–H and O–H groups in total. The Morgan fingerprint density at radius 2 is 1.89 bits per heavy atom. The van der Waals surface area contributed by atoms with Crippen LogP contribution in [-0.4, -0.2) is 27.0 Å². The van der Waals surface area contributed by atoms with Crippen LogP contribution in [0.3, 0.4) is 0 Å². The molecule has 0 aromatic carbocycles. The molecule has 0 unspecified atom stereocenters. The fourth-order valence-corrected chi connectivity index (χ4v) is 3.40. The van der Waals surface area contributed by atoms with Gasteiger partial charge in [0, 0.05) is 30.8 Å². The third-order valence-corrected chi connectivity index (χ3v) is 4.39. The molecule has 7 heteroatoms. The minimum Gasteiger partial charge on any atom is -0.622 e. The zero-order valence-electron chi connectivity index (χ0n) is 10.5. The molecule has 1 spiro atoms. The largest absolute Gasteiger partial charge is 0.622 e. The number of aliphatic imine (C=N–C) groups is 1. The SMILES string of the molecule is [O-][N+]1=C2CCc3c(no[n+]3[O-])C2=NC12CCCCC2. The van der Waals surface area contributed by atoms with Crippen LogP contribution in [0.4, 0.5) is 0 Å². The van der Waals surface area contributed by atoms with Crippen LogP contribution in [-0.2, 0) is 6.42 Å². The van der Waals surface area contributed by atoms with Crippen molar-refractivity contribution in [3.63, 3.8) is 0 Å². The van der Waals surface area contributed by atoms with Crippen LogP contribution in [0.1, 0.15) is 49.9 Å². The van der Waals surface area contributed by atoms with Gasteiger partial charge >= 0.3 is 0 Å². The molecule has 4 rings (SSSR count). The summed E-state index contributed by atoms with van der Waals surface area (Å²) in [5, 5.41) is 27.8. The number of rotatable bonds is 0. The summed E-state index contributed by atoms with van der Waals surface area (Å²) in [7, 11) is 0. The fraction of sp³-hybridized carbons (Fsp3) is 0.667. The van der Waals surface area contributed by atoms with E-state index in [0.29, 0.717) is 40.6 Å². The third-order valence-electron chi connectivity index (χ3n) is 4.39. The van der Waals surface area contributed by atoms with Crippen molar-refractivity contribution in [3.8, 4) is 0 Å². The van der Waals surface area contributed by atoms with Gasteiger partial charge < -0.3 is 10.4 Å². The summed E-state index contributed by atoms with van der Waals surface area (Å²) in [6, 6.07) is 0. The highest BCUT2D eigenvalue weighted by molar-refractivity contribution is 6.47. The van der Waals surface area contributed by atoms with Crippen LogP contribution in [0.2, 0.25) is 0 Å². The lowest BCUT2D eigenvalue weighted by Gasteiger charge is -2.28. The van der Waals surface area contributed by atoms with E-state index in [1.165, 1.54) is 0 Å². The molecule has 3 aliphatic rings. The number of hydroxylamine groups is 1. The minimum atomic E-state index is -0.642. The van der Waals surface area contributed by atoms with Crippen LogP contribution < -0.4 is 4.90 Å². The number of fused-ring (bicyclic) bond motifs is 3. The van der Waals surface area contributed by atoms with Gasteiger partial charge in [0.15, 0.2) is 5.71 Å². The smallest absolute Gasteiger partial charge is 0.275 e. The minimum absolute atomic E-state index is 0.426. The van der Waals surface area contributed by atoms with Gasteiger partial charge in [0.25, 0.3) is 11.4 Å². The molecule has 0 bridgehead atoms. The molecule has 0 radical (unpaired) electrons. The fourth-order valence-electron chi connectivity index (χ4n) is 3.40. The molecule has 19 heavy (non-hydrogen) atoms. The first-order valence-corrected chi connectivity index (χ1v) is 6.74. The Kier molecular flexibility index (Phi) is 2.05. The first-order chi connectivity index (χ1) is 9.21. The lowest BCUT2D eigenvalue weighted by atomic mass is 9.90. The summed E-state index contributed by atoms with van der Waals surface area (Å²) < 4.78 is 5.71. The molecule has 1 aromatic rings. The molecule has 1 saturated carbocycles. The van der Waals surface area contributed by atoms with E-state index in [1.807, 2.05) is 0 Å². The molecule has 0 saturated heterocycles. The summed E-state index contributed by atoms with van der Waals surface area (Å²) in [4.78, 5) is 5.08. The normalized spacial score (nSPS) is 24.3. The van der Waals surface area contributed by atoms with Crippen molar-refractivity contribution >= 4 is 11.4 Å². The van der Waals surface area contributed by atoms with E-state index >= 15 is 0 Å². The molecule has 0 atom stereocenters. The number of hydrogen-bond acceptors (Lipinski definition) is 5. The van der Waals surface area contributed by atoms with Crippen molar-refractivity contribution in [1.29, 1.82) is 0 Å². The first kappa shape index (κ1) is 11.0. The van der Waals surface area contributed by atoms with E-state index in [9.17, 15) is 10.4 Å². The van der Waals surface area contributed by atoms with E-state index in [-0.39, 0.29) is 0 Å². The van der Waals surface area contributed by atoms with Gasteiger partial charge in [0.05, 0.1) is 0 Å². The van der Waals surface area contributed by atoms with Crippen molar-refractivity contribution in [2.75, 3.05) is 0 Å². The van der Waals surface area contributed by atoms with Gasteiger partial charge in [-0.3, -0.25) is 4.63 Å². The number of aromatic nitrogens is 2. The van der Waals surface area contributed by atoms with Crippen molar-refractivity contribution in [3.05, 3.63) is 21.8 Å². The van der Waals surface area contributed by atoms with Crippen LogP contribution in [0.5, 0.6) is 0 Å². The van der Waals surface area contributed by atoms with E-state index < -0.39 is 5.66 Å². The molecule has 100 valence electrons. The van der Waals surface area contributed by atoms with E-state index in [0.717, 1.165) is 36.8 Å². The summed E-state index contributed by atoms with van der Waals surface area (Å²) in [6.07, 6.45) is 5.81. The monoisotopic (exact) mass is 262 g/mol. The zero-order valence-corrected chi connectivity index (χ0v) is 10.5. The van der Waals surface area contributed by atoms with E-state index in [2.05, 4.69) is 14.8 Å². The van der Waals surface area contributed by atoms with Crippen LogP contribution in [0.15, 0.2) is 9.62 Å². The molecular formula is C12H14N4O3. The maximum absolute atomic E-state index is 12.6. The third kappa shape index (κ3) is 1.32. The van der Waals surface area contributed by atoms with Crippen LogP contribution in [0.25, 0.3) is 0 Å². The van der Waals surface area contributed by atoms with Gasteiger partial charge in [0.2, 0.25) is 11.4 Å². The zero-order chi connectivity index (χ0) is 13.0. The molecule has 1 fully saturated rings. The highest BCUT2D eigenvalue weighted by Crippen LogP contribution is 2.37. The first-order valence-electron chi connectivity index (χ1n) is 6.74. The molecule has 1 aliphatic heterocycles. The quantitative estimate of drug-likeness (QED) is 0.507. The summed E-state index contributed by atoms with van der Waals surface area (Å²) in [5.41, 5.74) is 1.56. The van der Waals surface area contributed by atoms with Gasteiger partial charge in [-0.15, -0.1) is 0 Å². The van der Waals surface area contributed by atoms with Gasteiger partial charge in [-0.25, -0.2) is 4.99 Å². The Balaban J connectivity index is 1.87. The Hall–Kier alpha value is -1.92. The summed E-state index contributed by atoms with van der Waals surface area (Å²) >= 11 is 0. The van der Waals surface area contributed by atoms with Gasteiger partial charge in [-0.1, -0.05) is 6.42 Å². The molecule has 2 aliphatic carbocycles. The Labute approximate surface area is 109 Å². The maximum atomic E-state index is 12.6. The number of nitrogens with zero attached hydrogens (tertiary/aromatic N) is 4. The molecular weight excluding hydrogens is 248 g/mol. The standard InChI is InChI=1S/C12H14N4O3/c17-15-8-4-5-9-11(14-19-16(9)18)10(8)13-12(15)6-2-1-3-7-12/h1-7H2. The van der Waals surface area contributed by atoms with E-state index in [1.54, 1.807) is 0 Å². The number of hydrogen-bond donors (Lipinski definition) is 0. The second-order valence-corrected chi connectivity index (χ2v) is 5.47. The predicted molar refractivity (Wildman–Crippen MR) is 64.8 cm³/mol. The summed E-state index contributed by atoms with van der Waals surface area (Å²) in [5.74, 6) is 0. The molecule has 1 aromatic heterocycles. The molecule has 7 nitrogen and oxygen atoms in total. The van der Waals surface area contributed by atoms with E-state index in [4.69, 9.17) is 0 Å². The maximum Gasteiger partial charge on any atom is 0.275 e. The van der Waals surface area contributed by atoms with Crippen molar-refractivity contribution in [2.45, 2.75) is 50.6 Å². The highest BCUT2D eigenvalue weighted by Gasteiger charge is 2.51.